The van der Waals surface area contributed by atoms with Crippen LogP contribution in [0.2, 0.25) is 0 Å². The number of hydrogen-bond acceptors (Lipinski definition) is 4. The van der Waals surface area contributed by atoms with Crippen LogP contribution >= 0.6 is 0 Å². The van der Waals surface area contributed by atoms with Crippen molar-refractivity contribution in [1.82, 2.24) is 9.97 Å². The van der Waals surface area contributed by atoms with Crippen LogP contribution in [0.25, 0.3) is 0 Å². The summed E-state index contributed by atoms with van der Waals surface area (Å²) >= 11 is 0. The van der Waals surface area contributed by atoms with Crippen LogP contribution in [0.4, 0.5) is 17.5 Å². The second-order valence-electron chi connectivity index (χ2n) is 4.32. The van der Waals surface area contributed by atoms with Crippen molar-refractivity contribution in [3.05, 3.63) is 41.6 Å². The van der Waals surface area contributed by atoms with Crippen LogP contribution in [-0.4, -0.2) is 16.5 Å². The summed E-state index contributed by atoms with van der Waals surface area (Å²) in [5.41, 5.74) is 9.05. The molecule has 0 aliphatic heterocycles. The van der Waals surface area contributed by atoms with Crippen molar-refractivity contribution in [3.63, 3.8) is 0 Å². The Morgan fingerprint density at radius 3 is 2.72 bits per heavy atom. The first kappa shape index (κ1) is 12.4. The highest BCUT2D eigenvalue weighted by Crippen LogP contribution is 2.26. The Labute approximate surface area is 107 Å². The summed E-state index contributed by atoms with van der Waals surface area (Å²) < 4.78 is 0. The van der Waals surface area contributed by atoms with Gasteiger partial charge < -0.3 is 10.6 Å². The molecule has 18 heavy (non-hydrogen) atoms. The molecule has 2 rings (SSSR count). The van der Waals surface area contributed by atoms with Crippen molar-refractivity contribution in [2.45, 2.75) is 20.8 Å². The molecule has 0 saturated heterocycles. The number of anilines is 3. The molecule has 0 aliphatic carbocycles. The molecular weight excluding hydrogens is 224 g/mol. The topological polar surface area (TPSA) is 55.0 Å². The number of nitrogens with two attached hydrogens (primary N) is 1. The predicted octanol–water partition coefficient (Wildman–Crippen LogP) is 2.83. The van der Waals surface area contributed by atoms with Crippen LogP contribution in [0.1, 0.15) is 18.1 Å². The zero-order valence-electron chi connectivity index (χ0n) is 11.0. The second-order valence-corrected chi connectivity index (χ2v) is 4.32. The van der Waals surface area contributed by atoms with E-state index in [2.05, 4.69) is 46.9 Å². The Morgan fingerprint density at radius 2 is 2.06 bits per heavy atom. The smallest absolute Gasteiger partial charge is 0.221 e. The summed E-state index contributed by atoms with van der Waals surface area (Å²) in [6.07, 6.45) is 1.76. The van der Waals surface area contributed by atoms with Crippen molar-refractivity contribution in [2.75, 3.05) is 17.2 Å². The number of aryl methyl sites for hydroxylation is 2. The standard InChI is InChI=1S/C14H18N4/c1-4-18(12-7-5-6-10(2)8-12)13-11(3)9-16-14(15)17-13/h5-9H,4H2,1-3H3,(H2,15,16,17). The molecule has 0 radical (unpaired) electrons. The van der Waals surface area contributed by atoms with Gasteiger partial charge in [0.05, 0.1) is 0 Å². The van der Waals surface area contributed by atoms with Crippen molar-refractivity contribution >= 4 is 17.5 Å². The Hall–Kier alpha value is -2.10. The molecule has 0 unspecified atom stereocenters. The highest BCUT2D eigenvalue weighted by atomic mass is 15.2. The molecule has 1 aromatic heterocycles. The van der Waals surface area contributed by atoms with E-state index in [4.69, 9.17) is 5.73 Å². The molecule has 4 nitrogen and oxygen atoms in total. The molecule has 0 spiro atoms. The summed E-state index contributed by atoms with van der Waals surface area (Å²) in [5.74, 6) is 1.18. The van der Waals surface area contributed by atoms with Gasteiger partial charge in [0.15, 0.2) is 0 Å². The summed E-state index contributed by atoms with van der Waals surface area (Å²) in [4.78, 5) is 10.5. The van der Waals surface area contributed by atoms with Crippen LogP contribution in [0.3, 0.4) is 0 Å². The lowest BCUT2D eigenvalue weighted by Gasteiger charge is -2.24. The third-order valence-electron chi connectivity index (χ3n) is 2.85. The zero-order chi connectivity index (χ0) is 13.1. The molecule has 0 saturated carbocycles. The Morgan fingerprint density at radius 1 is 1.28 bits per heavy atom. The molecule has 0 atom stereocenters. The summed E-state index contributed by atoms with van der Waals surface area (Å²) in [5, 5.41) is 0. The Bertz CT molecular complexity index is 551. The van der Waals surface area contributed by atoms with Crippen LogP contribution in [-0.2, 0) is 0 Å². The number of hydrogen-bond donors (Lipinski definition) is 1. The molecule has 1 heterocycles. The van der Waals surface area contributed by atoms with Crippen LogP contribution in [0.15, 0.2) is 30.5 Å². The SMILES string of the molecule is CCN(c1cccc(C)c1)c1nc(N)ncc1C. The molecule has 4 heteroatoms. The van der Waals surface area contributed by atoms with Crippen LogP contribution in [0, 0.1) is 13.8 Å². The van der Waals surface area contributed by atoms with Gasteiger partial charge in [-0.15, -0.1) is 0 Å². The van der Waals surface area contributed by atoms with E-state index < -0.39 is 0 Å². The van der Waals surface area contributed by atoms with E-state index in [0.717, 1.165) is 23.6 Å². The first-order valence-electron chi connectivity index (χ1n) is 6.05. The van der Waals surface area contributed by atoms with Crippen molar-refractivity contribution in [3.8, 4) is 0 Å². The van der Waals surface area contributed by atoms with E-state index in [0.29, 0.717) is 5.95 Å². The van der Waals surface area contributed by atoms with E-state index in [1.165, 1.54) is 5.56 Å². The number of benzene rings is 1. The highest BCUT2D eigenvalue weighted by molar-refractivity contribution is 5.63. The van der Waals surface area contributed by atoms with Crippen LogP contribution in [0.5, 0.6) is 0 Å². The van der Waals surface area contributed by atoms with Gasteiger partial charge in [-0.05, 0) is 38.5 Å². The zero-order valence-corrected chi connectivity index (χ0v) is 11.0. The van der Waals surface area contributed by atoms with E-state index in [-0.39, 0.29) is 0 Å². The van der Waals surface area contributed by atoms with Crippen molar-refractivity contribution < 1.29 is 0 Å². The minimum absolute atomic E-state index is 0.307. The first-order chi connectivity index (χ1) is 8.61. The lowest BCUT2D eigenvalue weighted by molar-refractivity contribution is 0.966. The average molecular weight is 242 g/mol. The van der Waals surface area contributed by atoms with Gasteiger partial charge in [-0.3, -0.25) is 0 Å². The lowest BCUT2D eigenvalue weighted by Crippen LogP contribution is -2.19. The molecule has 0 bridgehead atoms. The largest absolute Gasteiger partial charge is 0.368 e. The number of nitrogens with zero attached hydrogens (tertiary/aromatic N) is 3. The fourth-order valence-corrected chi connectivity index (χ4v) is 1.97. The molecule has 1 aromatic carbocycles. The lowest BCUT2D eigenvalue weighted by atomic mass is 10.2. The Balaban J connectivity index is 2.48. The normalized spacial score (nSPS) is 10.4. The van der Waals surface area contributed by atoms with Gasteiger partial charge in [-0.25, -0.2) is 4.98 Å². The third-order valence-corrected chi connectivity index (χ3v) is 2.85. The monoisotopic (exact) mass is 242 g/mol. The minimum atomic E-state index is 0.307. The maximum atomic E-state index is 5.68. The van der Waals surface area contributed by atoms with Crippen LogP contribution < -0.4 is 10.6 Å². The quantitative estimate of drug-likeness (QED) is 0.899. The van der Waals surface area contributed by atoms with Gasteiger partial charge in [-0.1, -0.05) is 12.1 Å². The van der Waals surface area contributed by atoms with E-state index in [9.17, 15) is 0 Å². The van der Waals surface area contributed by atoms with E-state index in [1.807, 2.05) is 13.0 Å². The summed E-state index contributed by atoms with van der Waals surface area (Å²) in [7, 11) is 0. The van der Waals surface area contributed by atoms with Gasteiger partial charge in [0.25, 0.3) is 0 Å². The molecule has 0 amide bonds. The molecule has 2 aromatic rings. The molecular formula is C14H18N4. The van der Waals surface area contributed by atoms with E-state index >= 15 is 0 Å². The fraction of sp³-hybridized carbons (Fsp3) is 0.286. The summed E-state index contributed by atoms with van der Waals surface area (Å²) in [6.45, 7) is 7.01. The summed E-state index contributed by atoms with van der Waals surface area (Å²) in [6, 6.07) is 8.35. The minimum Gasteiger partial charge on any atom is -0.368 e. The van der Waals surface area contributed by atoms with Gasteiger partial charge in [0, 0.05) is 24.0 Å². The fourth-order valence-electron chi connectivity index (χ4n) is 1.97. The third kappa shape index (κ3) is 2.42. The first-order valence-corrected chi connectivity index (χ1v) is 6.05. The van der Waals surface area contributed by atoms with Gasteiger partial charge in [-0.2, -0.15) is 4.98 Å². The molecule has 0 fully saturated rings. The van der Waals surface area contributed by atoms with Gasteiger partial charge >= 0.3 is 0 Å². The Kier molecular flexibility index (Phi) is 3.46. The molecule has 2 N–H and O–H groups in total. The van der Waals surface area contributed by atoms with Crippen molar-refractivity contribution in [2.24, 2.45) is 0 Å². The van der Waals surface area contributed by atoms with Crippen molar-refractivity contribution in [1.29, 1.82) is 0 Å². The maximum absolute atomic E-state index is 5.68. The average Bonchev–Trinajstić information content (AvgIpc) is 2.35. The molecule has 0 aliphatic rings. The van der Waals surface area contributed by atoms with Gasteiger partial charge in [0.2, 0.25) is 5.95 Å². The number of rotatable bonds is 3. The second kappa shape index (κ2) is 5.04. The predicted molar refractivity (Wildman–Crippen MR) is 75.0 cm³/mol. The number of aromatic nitrogens is 2. The highest BCUT2D eigenvalue weighted by Gasteiger charge is 2.12. The molecule has 94 valence electrons. The maximum Gasteiger partial charge on any atom is 0.221 e. The number of nitrogen functional groups attached to an aromatic ring is 1. The van der Waals surface area contributed by atoms with Gasteiger partial charge in [0.1, 0.15) is 5.82 Å². The van der Waals surface area contributed by atoms with E-state index in [1.54, 1.807) is 6.20 Å².